The predicted octanol–water partition coefficient (Wildman–Crippen LogP) is 1.07. The van der Waals surface area contributed by atoms with Crippen molar-refractivity contribution in [2.75, 3.05) is 25.0 Å². The molecule has 96 valence electrons. The van der Waals surface area contributed by atoms with Gasteiger partial charge in [-0.2, -0.15) is 0 Å². The molecule has 18 heavy (non-hydrogen) atoms. The lowest BCUT2D eigenvalue weighted by Crippen LogP contribution is -2.58. The van der Waals surface area contributed by atoms with Crippen molar-refractivity contribution in [1.29, 1.82) is 0 Å². The van der Waals surface area contributed by atoms with E-state index in [-0.39, 0.29) is 12.5 Å². The van der Waals surface area contributed by atoms with E-state index in [1.807, 2.05) is 0 Å². The minimum atomic E-state index is -1.01. The van der Waals surface area contributed by atoms with Crippen molar-refractivity contribution in [3.63, 3.8) is 0 Å². The Kier molecular flexibility index (Phi) is 3.54. The second kappa shape index (κ2) is 4.96. The summed E-state index contributed by atoms with van der Waals surface area (Å²) in [6.07, 6.45) is 0. The van der Waals surface area contributed by atoms with Gasteiger partial charge in [0.05, 0.1) is 6.54 Å². The maximum atomic E-state index is 12.0. The molecule has 2 rings (SSSR count). The van der Waals surface area contributed by atoms with Gasteiger partial charge in [-0.25, -0.2) is 4.79 Å². The highest BCUT2D eigenvalue weighted by Crippen LogP contribution is 2.23. The van der Waals surface area contributed by atoms with Gasteiger partial charge in [0.2, 0.25) is 5.91 Å². The molecule has 1 N–H and O–H groups in total. The largest absolute Gasteiger partial charge is 0.480 e. The molecule has 6 heteroatoms. The Hall–Kier alpha value is -1.59. The Morgan fingerprint density at radius 3 is 2.56 bits per heavy atom. The summed E-state index contributed by atoms with van der Waals surface area (Å²) in [6, 6.07) is 5.73. The van der Waals surface area contributed by atoms with Gasteiger partial charge in [0.1, 0.15) is 6.04 Å². The van der Waals surface area contributed by atoms with E-state index in [1.165, 1.54) is 4.90 Å². The molecule has 5 nitrogen and oxygen atoms in total. The Morgan fingerprint density at radius 2 is 2.00 bits per heavy atom. The van der Waals surface area contributed by atoms with E-state index in [0.29, 0.717) is 17.3 Å². The SMILES string of the molecule is CN1CC(=O)N(c2ccc(Cl)cc2)C(C(=O)O)C1. The number of benzene rings is 1. The molecule has 1 unspecified atom stereocenters. The van der Waals surface area contributed by atoms with Crippen LogP contribution in [0.15, 0.2) is 24.3 Å². The molecular formula is C12H13ClN2O3. The fourth-order valence-corrected chi connectivity index (χ4v) is 2.16. The van der Waals surface area contributed by atoms with Gasteiger partial charge >= 0.3 is 5.97 Å². The van der Waals surface area contributed by atoms with Crippen LogP contribution in [0.25, 0.3) is 0 Å². The smallest absolute Gasteiger partial charge is 0.328 e. The lowest BCUT2D eigenvalue weighted by molar-refractivity contribution is -0.142. The molecule has 0 aliphatic carbocycles. The molecule has 1 fully saturated rings. The van der Waals surface area contributed by atoms with E-state index in [4.69, 9.17) is 11.6 Å². The number of hydrogen-bond acceptors (Lipinski definition) is 3. The first kappa shape index (κ1) is 12.9. The predicted molar refractivity (Wildman–Crippen MR) is 67.9 cm³/mol. The zero-order valence-corrected chi connectivity index (χ0v) is 10.6. The Bertz CT molecular complexity index is 475. The Labute approximate surface area is 110 Å². The van der Waals surface area contributed by atoms with E-state index >= 15 is 0 Å². The molecule has 1 atom stereocenters. The summed E-state index contributed by atoms with van der Waals surface area (Å²) < 4.78 is 0. The second-order valence-corrected chi connectivity index (χ2v) is 4.73. The molecule has 0 radical (unpaired) electrons. The molecule has 1 aromatic rings. The number of rotatable bonds is 2. The number of carboxylic acid groups (broad SMARTS) is 1. The van der Waals surface area contributed by atoms with Crippen LogP contribution in [0.2, 0.25) is 5.02 Å². The first-order valence-corrected chi connectivity index (χ1v) is 5.86. The number of carbonyl (C=O) groups is 2. The summed E-state index contributed by atoms with van der Waals surface area (Å²) in [7, 11) is 1.73. The number of aliphatic carboxylic acids is 1. The lowest BCUT2D eigenvalue weighted by atomic mass is 10.1. The number of piperazine rings is 1. The number of likely N-dealkylation sites (N-methyl/N-ethyl adjacent to an activating group) is 1. The fourth-order valence-electron chi connectivity index (χ4n) is 2.04. The zero-order valence-electron chi connectivity index (χ0n) is 9.84. The van der Waals surface area contributed by atoms with Crippen molar-refractivity contribution in [3.05, 3.63) is 29.3 Å². The quantitative estimate of drug-likeness (QED) is 0.872. The Morgan fingerprint density at radius 1 is 1.39 bits per heavy atom. The van der Waals surface area contributed by atoms with Crippen molar-refractivity contribution < 1.29 is 14.7 Å². The summed E-state index contributed by atoms with van der Waals surface area (Å²) in [6.45, 7) is 0.524. The van der Waals surface area contributed by atoms with E-state index in [2.05, 4.69) is 0 Å². The average molecular weight is 269 g/mol. The molecule has 0 spiro atoms. The average Bonchev–Trinajstić information content (AvgIpc) is 2.29. The van der Waals surface area contributed by atoms with Crippen LogP contribution in [0.3, 0.4) is 0 Å². The number of hydrogen-bond donors (Lipinski definition) is 1. The monoisotopic (exact) mass is 268 g/mol. The van der Waals surface area contributed by atoms with Gasteiger partial charge in [0, 0.05) is 17.3 Å². The Balaban J connectivity index is 2.35. The van der Waals surface area contributed by atoms with Crippen molar-refractivity contribution in [2.45, 2.75) is 6.04 Å². The molecule has 0 aromatic heterocycles. The van der Waals surface area contributed by atoms with Gasteiger partial charge in [-0.1, -0.05) is 11.6 Å². The molecule has 1 aliphatic heterocycles. The summed E-state index contributed by atoms with van der Waals surface area (Å²) in [4.78, 5) is 26.3. The van der Waals surface area contributed by atoms with Gasteiger partial charge in [-0.05, 0) is 31.3 Å². The van der Waals surface area contributed by atoms with Crippen molar-refractivity contribution >= 4 is 29.2 Å². The van der Waals surface area contributed by atoms with Gasteiger partial charge in [0.15, 0.2) is 0 Å². The van der Waals surface area contributed by atoms with E-state index in [1.54, 1.807) is 36.2 Å². The number of amides is 1. The topological polar surface area (TPSA) is 60.9 Å². The number of nitrogens with zero attached hydrogens (tertiary/aromatic N) is 2. The third kappa shape index (κ3) is 2.47. The highest BCUT2D eigenvalue weighted by Gasteiger charge is 2.36. The zero-order chi connectivity index (χ0) is 13.3. The van der Waals surface area contributed by atoms with Crippen molar-refractivity contribution in [3.8, 4) is 0 Å². The van der Waals surface area contributed by atoms with Gasteiger partial charge in [-0.15, -0.1) is 0 Å². The summed E-state index contributed by atoms with van der Waals surface area (Å²) in [5.74, 6) is -1.23. The molecule has 1 aromatic carbocycles. The lowest BCUT2D eigenvalue weighted by Gasteiger charge is -2.37. The molecule has 1 aliphatic rings. The van der Waals surface area contributed by atoms with Crippen molar-refractivity contribution in [1.82, 2.24) is 4.90 Å². The van der Waals surface area contributed by atoms with Crippen LogP contribution in [0.5, 0.6) is 0 Å². The highest BCUT2D eigenvalue weighted by molar-refractivity contribution is 6.30. The number of halogens is 1. The van der Waals surface area contributed by atoms with Crippen LogP contribution in [-0.4, -0.2) is 48.1 Å². The van der Waals surface area contributed by atoms with E-state index in [9.17, 15) is 14.7 Å². The van der Waals surface area contributed by atoms with Crippen LogP contribution in [-0.2, 0) is 9.59 Å². The molecule has 1 amide bonds. The summed E-state index contributed by atoms with van der Waals surface area (Å²) in [5.41, 5.74) is 0.560. The number of anilines is 1. The molecule has 0 saturated carbocycles. The van der Waals surface area contributed by atoms with Gasteiger partial charge < -0.3 is 5.11 Å². The maximum Gasteiger partial charge on any atom is 0.328 e. The minimum absolute atomic E-state index is 0.215. The summed E-state index contributed by atoms with van der Waals surface area (Å²) in [5, 5.41) is 9.76. The highest BCUT2D eigenvalue weighted by atomic mass is 35.5. The third-order valence-corrected chi connectivity index (χ3v) is 3.11. The summed E-state index contributed by atoms with van der Waals surface area (Å²) >= 11 is 5.78. The van der Waals surface area contributed by atoms with E-state index in [0.717, 1.165) is 0 Å². The van der Waals surface area contributed by atoms with Crippen LogP contribution in [0.4, 0.5) is 5.69 Å². The third-order valence-electron chi connectivity index (χ3n) is 2.86. The molecule has 1 heterocycles. The second-order valence-electron chi connectivity index (χ2n) is 4.29. The van der Waals surface area contributed by atoms with Gasteiger partial charge in [-0.3, -0.25) is 14.6 Å². The minimum Gasteiger partial charge on any atom is -0.480 e. The molecular weight excluding hydrogens is 256 g/mol. The van der Waals surface area contributed by atoms with Crippen LogP contribution >= 0.6 is 11.6 Å². The van der Waals surface area contributed by atoms with Crippen LogP contribution in [0, 0.1) is 0 Å². The van der Waals surface area contributed by atoms with Crippen LogP contribution in [0.1, 0.15) is 0 Å². The number of carboxylic acids is 1. The number of carbonyl (C=O) groups excluding carboxylic acids is 1. The first-order chi connectivity index (χ1) is 8.49. The fraction of sp³-hybridized carbons (Fsp3) is 0.333. The normalized spacial score (nSPS) is 21.1. The maximum absolute atomic E-state index is 12.0. The van der Waals surface area contributed by atoms with Crippen molar-refractivity contribution in [2.24, 2.45) is 0 Å². The van der Waals surface area contributed by atoms with Gasteiger partial charge in [0.25, 0.3) is 0 Å². The van der Waals surface area contributed by atoms with E-state index < -0.39 is 12.0 Å². The molecule has 0 bridgehead atoms. The first-order valence-electron chi connectivity index (χ1n) is 5.48. The standard InChI is InChI=1S/C12H13ClN2O3/c1-14-6-10(12(17)18)15(11(16)7-14)9-4-2-8(13)3-5-9/h2-5,10H,6-7H2,1H3,(H,17,18). The van der Waals surface area contributed by atoms with Crippen LogP contribution < -0.4 is 4.90 Å². The molecule has 1 saturated heterocycles.